The van der Waals surface area contributed by atoms with Gasteiger partial charge in [0.2, 0.25) is 0 Å². The highest BCUT2D eigenvalue weighted by atomic mass is 16.5. The number of hydrogen-bond acceptors (Lipinski definition) is 3. The van der Waals surface area contributed by atoms with Gasteiger partial charge in [0.25, 0.3) is 0 Å². The van der Waals surface area contributed by atoms with Crippen LogP contribution >= 0.6 is 0 Å². The number of carbonyl (C=O) groups is 1. The number of fused-ring (bicyclic) bond motifs is 3. The number of benzene rings is 1. The molecule has 0 radical (unpaired) electrons. The van der Waals surface area contributed by atoms with Gasteiger partial charge in [-0.1, -0.05) is 6.07 Å². The Labute approximate surface area is 92.5 Å². The van der Waals surface area contributed by atoms with Crippen molar-refractivity contribution < 1.29 is 9.53 Å². The lowest BCUT2D eigenvalue weighted by atomic mass is 10.1. The minimum absolute atomic E-state index is 0.475. The third-order valence-corrected chi connectivity index (χ3v) is 2.81. The van der Waals surface area contributed by atoms with Gasteiger partial charge in [-0.3, -0.25) is 4.79 Å². The number of hydrogen-bond donors (Lipinski definition) is 0. The van der Waals surface area contributed by atoms with Crippen LogP contribution in [0, 0.1) is 0 Å². The molecule has 0 saturated carbocycles. The van der Waals surface area contributed by atoms with Crippen molar-refractivity contribution in [1.82, 2.24) is 9.55 Å². The van der Waals surface area contributed by atoms with Crippen molar-refractivity contribution in [1.29, 1.82) is 0 Å². The fourth-order valence-electron chi connectivity index (χ4n) is 2.04. The summed E-state index contributed by atoms with van der Waals surface area (Å²) >= 11 is 0. The lowest BCUT2D eigenvalue weighted by molar-refractivity contribution is 0.111. The zero-order valence-electron chi connectivity index (χ0n) is 8.80. The molecule has 0 amide bonds. The Balaban J connectivity index is 2.17. The molecule has 1 aliphatic heterocycles. The SMILES string of the molecule is COc1ccc2c(c1)-c1nc(C=O)cn1C2. The predicted molar refractivity (Wildman–Crippen MR) is 58.7 cm³/mol. The molecule has 4 nitrogen and oxygen atoms in total. The molecule has 3 rings (SSSR count). The van der Waals surface area contributed by atoms with Gasteiger partial charge < -0.3 is 9.30 Å². The Kier molecular flexibility index (Phi) is 1.83. The molecule has 2 heterocycles. The molecule has 1 aromatic carbocycles. The van der Waals surface area contributed by atoms with Crippen LogP contribution in [0.25, 0.3) is 11.4 Å². The van der Waals surface area contributed by atoms with Crippen LogP contribution in [0.4, 0.5) is 0 Å². The summed E-state index contributed by atoms with van der Waals surface area (Å²) in [5.74, 6) is 1.65. The van der Waals surface area contributed by atoms with Gasteiger partial charge in [0.1, 0.15) is 17.3 Å². The zero-order chi connectivity index (χ0) is 11.1. The molecule has 0 atom stereocenters. The summed E-state index contributed by atoms with van der Waals surface area (Å²) in [7, 11) is 1.64. The minimum Gasteiger partial charge on any atom is -0.497 e. The molecule has 0 aliphatic carbocycles. The monoisotopic (exact) mass is 214 g/mol. The van der Waals surface area contributed by atoms with E-state index in [1.165, 1.54) is 5.56 Å². The summed E-state index contributed by atoms with van der Waals surface area (Å²) in [5.41, 5.74) is 2.73. The third kappa shape index (κ3) is 1.16. The first kappa shape index (κ1) is 9.15. The number of methoxy groups -OCH3 is 1. The molecule has 1 aromatic heterocycles. The fraction of sp³-hybridized carbons (Fsp3) is 0.167. The first-order chi connectivity index (χ1) is 7.81. The number of ether oxygens (including phenoxy) is 1. The smallest absolute Gasteiger partial charge is 0.170 e. The minimum atomic E-state index is 0.475. The highest BCUT2D eigenvalue weighted by Gasteiger charge is 2.21. The predicted octanol–water partition coefficient (Wildman–Crippen LogP) is 1.73. The van der Waals surface area contributed by atoms with Gasteiger partial charge >= 0.3 is 0 Å². The van der Waals surface area contributed by atoms with E-state index in [2.05, 4.69) is 4.98 Å². The first-order valence-electron chi connectivity index (χ1n) is 5.01. The first-order valence-corrected chi connectivity index (χ1v) is 5.01. The van der Waals surface area contributed by atoms with Crippen LogP contribution in [0.5, 0.6) is 5.75 Å². The van der Waals surface area contributed by atoms with Crippen LogP contribution < -0.4 is 4.74 Å². The summed E-state index contributed by atoms with van der Waals surface area (Å²) in [6.45, 7) is 0.773. The van der Waals surface area contributed by atoms with Crippen molar-refractivity contribution >= 4 is 6.29 Å². The molecule has 0 unspecified atom stereocenters. The van der Waals surface area contributed by atoms with Gasteiger partial charge in [0.05, 0.1) is 7.11 Å². The summed E-state index contributed by atoms with van der Waals surface area (Å²) in [5, 5.41) is 0. The van der Waals surface area contributed by atoms with Crippen molar-refractivity contribution in [3.8, 4) is 17.1 Å². The van der Waals surface area contributed by atoms with E-state index in [1.807, 2.05) is 22.8 Å². The maximum atomic E-state index is 10.6. The number of nitrogens with zero attached hydrogens (tertiary/aromatic N) is 2. The van der Waals surface area contributed by atoms with Gasteiger partial charge in [-0.15, -0.1) is 0 Å². The van der Waals surface area contributed by atoms with Crippen molar-refractivity contribution in [2.24, 2.45) is 0 Å². The largest absolute Gasteiger partial charge is 0.497 e. The molecule has 80 valence electrons. The van der Waals surface area contributed by atoms with E-state index in [4.69, 9.17) is 4.74 Å². The van der Waals surface area contributed by atoms with Gasteiger partial charge in [0.15, 0.2) is 6.29 Å². The highest BCUT2D eigenvalue weighted by molar-refractivity contribution is 5.75. The van der Waals surface area contributed by atoms with E-state index in [0.717, 1.165) is 30.0 Å². The van der Waals surface area contributed by atoms with Crippen molar-refractivity contribution in [3.05, 3.63) is 35.7 Å². The van der Waals surface area contributed by atoms with Crippen LogP contribution in [-0.4, -0.2) is 22.9 Å². The van der Waals surface area contributed by atoms with Crippen LogP contribution in [0.1, 0.15) is 16.1 Å². The second-order valence-electron chi connectivity index (χ2n) is 3.76. The number of aldehydes is 1. The van der Waals surface area contributed by atoms with E-state index in [0.29, 0.717) is 5.69 Å². The Hall–Kier alpha value is -2.10. The second kappa shape index (κ2) is 3.20. The molecular weight excluding hydrogens is 204 g/mol. The van der Waals surface area contributed by atoms with Gasteiger partial charge in [-0.25, -0.2) is 4.98 Å². The second-order valence-corrected chi connectivity index (χ2v) is 3.76. The topological polar surface area (TPSA) is 44.1 Å². The molecule has 1 aliphatic rings. The van der Waals surface area contributed by atoms with E-state index in [9.17, 15) is 4.79 Å². The molecule has 0 saturated heterocycles. The van der Waals surface area contributed by atoms with Crippen molar-refractivity contribution in [2.45, 2.75) is 6.54 Å². The van der Waals surface area contributed by atoms with Gasteiger partial charge in [0, 0.05) is 18.3 Å². The van der Waals surface area contributed by atoms with Gasteiger partial charge in [-0.05, 0) is 17.7 Å². The standard InChI is InChI=1S/C12H10N2O2/c1-16-10-3-2-8-5-14-6-9(7-15)13-12(14)11(8)4-10/h2-4,6-7H,5H2,1H3. The maximum Gasteiger partial charge on any atom is 0.170 e. The molecule has 0 N–H and O–H groups in total. The third-order valence-electron chi connectivity index (χ3n) is 2.81. The van der Waals surface area contributed by atoms with E-state index in [-0.39, 0.29) is 0 Å². The average molecular weight is 214 g/mol. The molecule has 4 heteroatoms. The Bertz CT molecular complexity index is 572. The van der Waals surface area contributed by atoms with E-state index >= 15 is 0 Å². The van der Waals surface area contributed by atoms with Crippen LogP contribution in [-0.2, 0) is 6.54 Å². The summed E-state index contributed by atoms with van der Waals surface area (Å²) in [4.78, 5) is 14.9. The molecule has 16 heavy (non-hydrogen) atoms. The number of carbonyl (C=O) groups excluding carboxylic acids is 1. The van der Waals surface area contributed by atoms with Crippen molar-refractivity contribution in [3.63, 3.8) is 0 Å². The highest BCUT2D eigenvalue weighted by Crippen LogP contribution is 2.33. The van der Waals surface area contributed by atoms with Gasteiger partial charge in [-0.2, -0.15) is 0 Å². The summed E-state index contributed by atoms with van der Waals surface area (Å²) in [6, 6.07) is 5.92. The molecule has 0 fully saturated rings. The normalized spacial score (nSPS) is 12.1. The molecule has 0 spiro atoms. The lowest BCUT2D eigenvalue weighted by Crippen LogP contribution is -1.90. The van der Waals surface area contributed by atoms with Crippen LogP contribution in [0.3, 0.4) is 0 Å². The van der Waals surface area contributed by atoms with E-state index < -0.39 is 0 Å². The summed E-state index contributed by atoms with van der Waals surface area (Å²) in [6.07, 6.45) is 2.54. The maximum absolute atomic E-state index is 10.6. The molecule has 2 aromatic rings. The Morgan fingerprint density at radius 2 is 2.38 bits per heavy atom. The number of imidazole rings is 1. The van der Waals surface area contributed by atoms with E-state index in [1.54, 1.807) is 13.3 Å². The van der Waals surface area contributed by atoms with Crippen LogP contribution in [0.2, 0.25) is 0 Å². The average Bonchev–Trinajstić information content (AvgIpc) is 2.85. The van der Waals surface area contributed by atoms with Crippen molar-refractivity contribution in [2.75, 3.05) is 7.11 Å². The Morgan fingerprint density at radius 3 is 3.12 bits per heavy atom. The fourth-order valence-corrected chi connectivity index (χ4v) is 2.04. The van der Waals surface area contributed by atoms with Crippen LogP contribution in [0.15, 0.2) is 24.4 Å². The quantitative estimate of drug-likeness (QED) is 0.610. The molecular formula is C12H10N2O2. The number of rotatable bonds is 2. The molecule has 0 bridgehead atoms. The lowest BCUT2D eigenvalue weighted by Gasteiger charge is -2.02. The number of aromatic nitrogens is 2. The summed E-state index contributed by atoms with van der Waals surface area (Å²) < 4.78 is 7.16. The Morgan fingerprint density at radius 1 is 1.50 bits per heavy atom. The zero-order valence-corrected chi connectivity index (χ0v) is 8.80.